The summed E-state index contributed by atoms with van der Waals surface area (Å²) in [5.74, 6) is 0.0260. The largest absolute Gasteiger partial charge is 0.381 e. The van der Waals surface area contributed by atoms with E-state index in [0.29, 0.717) is 13.1 Å². The summed E-state index contributed by atoms with van der Waals surface area (Å²) >= 11 is 0. The van der Waals surface area contributed by atoms with E-state index in [9.17, 15) is 4.79 Å². The topological polar surface area (TPSA) is 64.4 Å². The third-order valence-corrected chi connectivity index (χ3v) is 3.10. The molecule has 0 aromatic rings. The average molecular weight is 214 g/mol. The molecular formula is C11H22N2O2. The van der Waals surface area contributed by atoms with Crippen molar-refractivity contribution in [1.29, 1.82) is 0 Å². The third kappa shape index (κ3) is 3.18. The Balaban J connectivity index is 2.40. The SMILES string of the molecule is CC1(CNC(=O)C(C)(C)CN)CCOC1. The molecular weight excluding hydrogens is 192 g/mol. The lowest BCUT2D eigenvalue weighted by Crippen LogP contribution is -2.45. The summed E-state index contributed by atoms with van der Waals surface area (Å²) in [5, 5.41) is 2.96. The number of amides is 1. The summed E-state index contributed by atoms with van der Waals surface area (Å²) in [6.07, 6.45) is 1.01. The van der Waals surface area contributed by atoms with Gasteiger partial charge in [-0.25, -0.2) is 0 Å². The molecule has 0 radical (unpaired) electrons. The second-order valence-corrected chi connectivity index (χ2v) is 5.38. The fourth-order valence-electron chi connectivity index (χ4n) is 1.47. The number of nitrogens with two attached hydrogens (primary N) is 1. The van der Waals surface area contributed by atoms with Gasteiger partial charge in [-0.05, 0) is 20.3 Å². The Labute approximate surface area is 91.5 Å². The number of hydrogen-bond acceptors (Lipinski definition) is 3. The molecule has 15 heavy (non-hydrogen) atoms. The van der Waals surface area contributed by atoms with Crippen LogP contribution in [0.15, 0.2) is 0 Å². The number of nitrogens with one attached hydrogen (secondary N) is 1. The fraction of sp³-hybridized carbons (Fsp3) is 0.909. The van der Waals surface area contributed by atoms with Gasteiger partial charge in [0.15, 0.2) is 0 Å². The monoisotopic (exact) mass is 214 g/mol. The van der Waals surface area contributed by atoms with Crippen molar-refractivity contribution in [2.24, 2.45) is 16.6 Å². The van der Waals surface area contributed by atoms with E-state index < -0.39 is 5.41 Å². The van der Waals surface area contributed by atoms with Crippen LogP contribution in [0, 0.1) is 10.8 Å². The smallest absolute Gasteiger partial charge is 0.226 e. The predicted octanol–water partition coefficient (Wildman–Crippen LogP) is 0.514. The maximum absolute atomic E-state index is 11.8. The summed E-state index contributed by atoms with van der Waals surface area (Å²) in [6.45, 7) is 8.42. The van der Waals surface area contributed by atoms with Gasteiger partial charge in [0.2, 0.25) is 5.91 Å². The first-order chi connectivity index (χ1) is 6.90. The normalized spacial score (nSPS) is 26.7. The highest BCUT2D eigenvalue weighted by Gasteiger charge is 2.32. The highest BCUT2D eigenvalue weighted by Crippen LogP contribution is 2.27. The molecule has 1 atom stereocenters. The van der Waals surface area contributed by atoms with Gasteiger partial charge in [-0.15, -0.1) is 0 Å². The molecule has 1 aliphatic rings. The van der Waals surface area contributed by atoms with Crippen LogP contribution in [0.25, 0.3) is 0 Å². The first-order valence-corrected chi connectivity index (χ1v) is 5.46. The molecule has 0 aromatic heterocycles. The summed E-state index contributed by atoms with van der Waals surface area (Å²) < 4.78 is 5.33. The van der Waals surface area contributed by atoms with Gasteiger partial charge in [0, 0.05) is 25.1 Å². The maximum atomic E-state index is 11.8. The van der Waals surface area contributed by atoms with Gasteiger partial charge in [0.25, 0.3) is 0 Å². The maximum Gasteiger partial charge on any atom is 0.226 e. The van der Waals surface area contributed by atoms with Gasteiger partial charge in [0.05, 0.1) is 12.0 Å². The van der Waals surface area contributed by atoms with Gasteiger partial charge in [-0.2, -0.15) is 0 Å². The van der Waals surface area contributed by atoms with Crippen molar-refractivity contribution in [1.82, 2.24) is 5.32 Å². The lowest BCUT2D eigenvalue weighted by molar-refractivity contribution is -0.129. The Kier molecular flexibility index (Phi) is 3.73. The van der Waals surface area contributed by atoms with Crippen LogP contribution in [0.5, 0.6) is 0 Å². The van der Waals surface area contributed by atoms with Crippen LogP contribution in [-0.4, -0.2) is 32.2 Å². The molecule has 1 saturated heterocycles. The first-order valence-electron chi connectivity index (χ1n) is 5.46. The minimum atomic E-state index is -0.476. The molecule has 0 saturated carbocycles. The summed E-state index contributed by atoms with van der Waals surface area (Å²) in [5.41, 5.74) is 5.16. The van der Waals surface area contributed by atoms with Crippen LogP contribution in [0.1, 0.15) is 27.2 Å². The van der Waals surface area contributed by atoms with E-state index in [4.69, 9.17) is 10.5 Å². The number of hydrogen-bond donors (Lipinski definition) is 2. The molecule has 0 aromatic carbocycles. The zero-order valence-electron chi connectivity index (χ0n) is 9.93. The Morgan fingerprint density at radius 1 is 1.60 bits per heavy atom. The van der Waals surface area contributed by atoms with Crippen LogP contribution in [0.4, 0.5) is 0 Å². The van der Waals surface area contributed by atoms with Crippen LogP contribution >= 0.6 is 0 Å². The standard InChI is InChI=1S/C11H22N2O2/c1-10(2,6-12)9(14)13-7-11(3)4-5-15-8-11/h4-8,12H2,1-3H3,(H,13,14). The van der Waals surface area contributed by atoms with E-state index >= 15 is 0 Å². The zero-order valence-corrected chi connectivity index (χ0v) is 9.93. The van der Waals surface area contributed by atoms with E-state index in [1.54, 1.807) is 0 Å². The van der Waals surface area contributed by atoms with E-state index in [1.807, 2.05) is 13.8 Å². The minimum absolute atomic E-state index is 0.0260. The van der Waals surface area contributed by atoms with Gasteiger partial charge < -0.3 is 15.8 Å². The van der Waals surface area contributed by atoms with Crippen molar-refractivity contribution < 1.29 is 9.53 Å². The summed E-state index contributed by atoms with van der Waals surface area (Å²) in [6, 6.07) is 0. The van der Waals surface area contributed by atoms with Gasteiger partial charge in [-0.1, -0.05) is 6.92 Å². The quantitative estimate of drug-likeness (QED) is 0.717. The molecule has 1 aliphatic heterocycles. The molecule has 0 spiro atoms. The fourth-order valence-corrected chi connectivity index (χ4v) is 1.47. The Morgan fingerprint density at radius 3 is 2.73 bits per heavy atom. The minimum Gasteiger partial charge on any atom is -0.381 e. The van der Waals surface area contributed by atoms with Crippen molar-refractivity contribution in [3.63, 3.8) is 0 Å². The van der Waals surface area contributed by atoms with Gasteiger partial charge in [-0.3, -0.25) is 4.79 Å². The third-order valence-electron chi connectivity index (χ3n) is 3.10. The molecule has 1 heterocycles. The molecule has 3 N–H and O–H groups in total. The van der Waals surface area contributed by atoms with Crippen molar-refractivity contribution in [2.75, 3.05) is 26.3 Å². The van der Waals surface area contributed by atoms with Gasteiger partial charge in [0.1, 0.15) is 0 Å². The van der Waals surface area contributed by atoms with Crippen LogP contribution in [0.3, 0.4) is 0 Å². The molecule has 1 amide bonds. The summed E-state index contributed by atoms with van der Waals surface area (Å²) in [4.78, 5) is 11.8. The summed E-state index contributed by atoms with van der Waals surface area (Å²) in [7, 11) is 0. The Morgan fingerprint density at radius 2 is 2.27 bits per heavy atom. The lowest BCUT2D eigenvalue weighted by Gasteiger charge is -2.26. The molecule has 1 unspecified atom stereocenters. The van der Waals surface area contributed by atoms with Crippen LogP contribution in [0.2, 0.25) is 0 Å². The van der Waals surface area contributed by atoms with E-state index in [0.717, 1.165) is 19.6 Å². The first kappa shape index (κ1) is 12.5. The number of carbonyl (C=O) groups excluding carboxylic acids is 1. The second kappa shape index (κ2) is 4.49. The van der Waals surface area contributed by atoms with E-state index in [2.05, 4.69) is 12.2 Å². The lowest BCUT2D eigenvalue weighted by atomic mass is 9.88. The predicted molar refractivity (Wildman–Crippen MR) is 59.4 cm³/mol. The number of carbonyl (C=O) groups is 1. The van der Waals surface area contributed by atoms with Gasteiger partial charge >= 0.3 is 0 Å². The highest BCUT2D eigenvalue weighted by molar-refractivity contribution is 5.82. The van der Waals surface area contributed by atoms with Crippen molar-refractivity contribution in [2.45, 2.75) is 27.2 Å². The van der Waals surface area contributed by atoms with Crippen LogP contribution < -0.4 is 11.1 Å². The molecule has 0 bridgehead atoms. The molecule has 1 rings (SSSR count). The molecule has 4 heteroatoms. The zero-order chi connectivity index (χ0) is 11.5. The Bertz CT molecular complexity index is 233. The highest BCUT2D eigenvalue weighted by atomic mass is 16.5. The number of rotatable bonds is 4. The molecule has 1 fully saturated rings. The molecule has 0 aliphatic carbocycles. The number of ether oxygens (including phenoxy) is 1. The van der Waals surface area contributed by atoms with E-state index in [-0.39, 0.29) is 11.3 Å². The molecule has 4 nitrogen and oxygen atoms in total. The Hall–Kier alpha value is -0.610. The average Bonchev–Trinajstić information content (AvgIpc) is 2.62. The van der Waals surface area contributed by atoms with Crippen molar-refractivity contribution in [3.8, 4) is 0 Å². The second-order valence-electron chi connectivity index (χ2n) is 5.38. The van der Waals surface area contributed by atoms with Crippen molar-refractivity contribution >= 4 is 5.91 Å². The van der Waals surface area contributed by atoms with Crippen molar-refractivity contribution in [3.05, 3.63) is 0 Å². The molecule has 88 valence electrons. The van der Waals surface area contributed by atoms with Crippen LogP contribution in [-0.2, 0) is 9.53 Å². The van der Waals surface area contributed by atoms with E-state index in [1.165, 1.54) is 0 Å².